The maximum absolute atomic E-state index is 4.85. The van der Waals surface area contributed by atoms with Crippen molar-refractivity contribution in [1.29, 1.82) is 0 Å². The SMILES string of the molecule is C=C/C=C(\C(=C/C)c1ccc(N2CC3CC(C2)N3Cc2ccc(CC)nc2)nc1)N(C)/N=C\C. The largest absolute Gasteiger partial charge is 0.353 e. The number of piperidine rings is 1. The Morgan fingerprint density at radius 1 is 1.15 bits per heavy atom. The van der Waals surface area contributed by atoms with Crippen molar-refractivity contribution in [3.63, 3.8) is 0 Å². The van der Waals surface area contributed by atoms with Crippen LogP contribution in [-0.4, -0.2) is 58.3 Å². The number of aromatic nitrogens is 2. The van der Waals surface area contributed by atoms with Gasteiger partial charge in [-0.2, -0.15) is 5.10 Å². The first-order valence-electron chi connectivity index (χ1n) is 12.2. The summed E-state index contributed by atoms with van der Waals surface area (Å²) in [4.78, 5) is 14.5. The van der Waals surface area contributed by atoms with Gasteiger partial charge in [0.2, 0.25) is 0 Å². The number of piperazine rings is 1. The summed E-state index contributed by atoms with van der Waals surface area (Å²) in [6.07, 6.45) is 13.9. The van der Waals surface area contributed by atoms with Crippen LogP contribution in [0.25, 0.3) is 5.57 Å². The summed E-state index contributed by atoms with van der Waals surface area (Å²) in [6, 6.07) is 9.87. The van der Waals surface area contributed by atoms with Gasteiger partial charge < -0.3 is 4.90 Å². The summed E-state index contributed by atoms with van der Waals surface area (Å²) >= 11 is 0. The predicted octanol–water partition coefficient (Wildman–Crippen LogP) is 4.91. The number of pyridine rings is 2. The van der Waals surface area contributed by atoms with Crippen LogP contribution < -0.4 is 4.90 Å². The third-order valence-corrected chi connectivity index (χ3v) is 6.82. The minimum atomic E-state index is 0.583. The monoisotopic (exact) mass is 456 g/mol. The van der Waals surface area contributed by atoms with Crippen LogP contribution in [0.4, 0.5) is 5.82 Å². The molecule has 5 heterocycles. The lowest BCUT2D eigenvalue weighted by Crippen LogP contribution is -2.68. The number of rotatable bonds is 9. The lowest BCUT2D eigenvalue weighted by atomic mass is 9.87. The smallest absolute Gasteiger partial charge is 0.128 e. The zero-order valence-electron chi connectivity index (χ0n) is 20.9. The molecular formula is C28H36N6. The second kappa shape index (κ2) is 10.8. The minimum absolute atomic E-state index is 0.583. The molecule has 2 aromatic heterocycles. The van der Waals surface area contributed by atoms with Crippen LogP contribution in [-0.2, 0) is 13.0 Å². The molecule has 0 radical (unpaired) electrons. The minimum Gasteiger partial charge on any atom is -0.353 e. The van der Waals surface area contributed by atoms with Gasteiger partial charge in [0.05, 0.1) is 5.70 Å². The van der Waals surface area contributed by atoms with E-state index in [2.05, 4.69) is 63.7 Å². The number of aryl methyl sites for hydroxylation is 1. The van der Waals surface area contributed by atoms with E-state index >= 15 is 0 Å². The molecule has 6 heteroatoms. The molecule has 6 nitrogen and oxygen atoms in total. The Bertz CT molecular complexity index is 1060. The van der Waals surface area contributed by atoms with Crippen molar-refractivity contribution in [2.45, 2.75) is 52.2 Å². The molecule has 0 N–H and O–H groups in total. The average molecular weight is 457 g/mol. The van der Waals surface area contributed by atoms with Crippen LogP contribution in [0.15, 0.2) is 72.3 Å². The van der Waals surface area contributed by atoms with E-state index in [4.69, 9.17) is 4.98 Å². The van der Waals surface area contributed by atoms with Gasteiger partial charge in [0, 0.05) is 74.2 Å². The van der Waals surface area contributed by atoms with Gasteiger partial charge in [0.15, 0.2) is 0 Å². The van der Waals surface area contributed by atoms with E-state index in [1.165, 1.54) is 12.0 Å². The van der Waals surface area contributed by atoms with Crippen molar-refractivity contribution >= 4 is 17.6 Å². The van der Waals surface area contributed by atoms with Crippen LogP contribution >= 0.6 is 0 Å². The third kappa shape index (κ3) is 4.97. The summed E-state index contributed by atoms with van der Waals surface area (Å²) in [5.41, 5.74) is 5.61. The van der Waals surface area contributed by atoms with Crippen molar-refractivity contribution in [2.24, 2.45) is 5.10 Å². The van der Waals surface area contributed by atoms with Gasteiger partial charge in [-0.05, 0) is 56.5 Å². The first kappa shape index (κ1) is 23.9. The molecule has 0 amide bonds. The van der Waals surface area contributed by atoms with E-state index in [1.807, 2.05) is 44.4 Å². The fraction of sp³-hybridized carbons (Fsp3) is 0.393. The Hall–Kier alpha value is -3.25. The molecule has 2 bridgehead atoms. The van der Waals surface area contributed by atoms with Gasteiger partial charge in [-0.15, -0.1) is 0 Å². The first-order chi connectivity index (χ1) is 16.6. The van der Waals surface area contributed by atoms with E-state index in [9.17, 15) is 0 Å². The van der Waals surface area contributed by atoms with Crippen LogP contribution in [0, 0.1) is 0 Å². The second-order valence-corrected chi connectivity index (χ2v) is 8.92. The standard InChI is InChI=1S/C28H36N6/c1-6-10-27(32(5)31-9-4)26(8-3)22-12-14-28(30-17-22)33-19-24-15-25(20-33)34(24)18-21-11-13-23(7-2)29-16-21/h6,8-14,16-17,24-25H,1,7,15,18-20H2,2-5H3/b26-8-,27-10+,31-9-. The fourth-order valence-corrected chi connectivity index (χ4v) is 5.01. The van der Waals surface area contributed by atoms with Crippen molar-refractivity contribution in [3.8, 4) is 0 Å². The van der Waals surface area contributed by atoms with E-state index in [-0.39, 0.29) is 0 Å². The second-order valence-electron chi connectivity index (χ2n) is 8.92. The van der Waals surface area contributed by atoms with Gasteiger partial charge in [0.25, 0.3) is 0 Å². The lowest BCUT2D eigenvalue weighted by molar-refractivity contribution is -0.00876. The summed E-state index contributed by atoms with van der Waals surface area (Å²) in [5, 5.41) is 6.27. The molecule has 3 saturated heterocycles. The molecule has 2 unspecified atom stereocenters. The topological polar surface area (TPSA) is 47.9 Å². The molecule has 2 aromatic rings. The first-order valence-corrected chi connectivity index (χ1v) is 12.2. The number of hydrogen-bond donors (Lipinski definition) is 0. The number of hydrazone groups is 1. The molecule has 3 aliphatic rings. The molecule has 3 aliphatic heterocycles. The molecule has 34 heavy (non-hydrogen) atoms. The number of allylic oxidation sites excluding steroid dienone is 4. The van der Waals surface area contributed by atoms with Gasteiger partial charge >= 0.3 is 0 Å². The lowest BCUT2D eigenvalue weighted by Gasteiger charge is -2.56. The highest BCUT2D eigenvalue weighted by Gasteiger charge is 2.44. The Morgan fingerprint density at radius 2 is 1.94 bits per heavy atom. The summed E-state index contributed by atoms with van der Waals surface area (Å²) in [6.45, 7) is 13.0. The number of fused-ring (bicyclic) bond motifs is 2. The van der Waals surface area contributed by atoms with Crippen LogP contribution in [0.1, 0.15) is 44.0 Å². The molecular weight excluding hydrogens is 420 g/mol. The van der Waals surface area contributed by atoms with Crippen LogP contribution in [0.2, 0.25) is 0 Å². The van der Waals surface area contributed by atoms with Gasteiger partial charge in [-0.25, -0.2) is 4.98 Å². The van der Waals surface area contributed by atoms with Gasteiger partial charge in [-0.1, -0.05) is 31.7 Å². The Labute approximate surface area is 204 Å². The molecule has 178 valence electrons. The zero-order chi connectivity index (χ0) is 24.1. The van der Waals surface area contributed by atoms with E-state index in [0.29, 0.717) is 12.1 Å². The van der Waals surface area contributed by atoms with Crippen molar-refractivity contribution in [2.75, 3.05) is 25.0 Å². The molecule has 0 aliphatic carbocycles. The maximum Gasteiger partial charge on any atom is 0.128 e. The van der Waals surface area contributed by atoms with Gasteiger partial charge in [0.1, 0.15) is 5.82 Å². The van der Waals surface area contributed by atoms with Crippen molar-refractivity contribution in [3.05, 3.63) is 84.0 Å². The summed E-state index contributed by atoms with van der Waals surface area (Å²) in [7, 11) is 1.95. The van der Waals surface area contributed by atoms with Gasteiger partial charge in [-0.3, -0.25) is 14.9 Å². The molecule has 0 spiro atoms. The Morgan fingerprint density at radius 3 is 2.50 bits per heavy atom. The molecule has 2 atom stereocenters. The third-order valence-electron chi connectivity index (χ3n) is 6.82. The zero-order valence-corrected chi connectivity index (χ0v) is 20.9. The average Bonchev–Trinajstić information content (AvgIpc) is 2.88. The highest BCUT2D eigenvalue weighted by Crippen LogP contribution is 2.35. The normalized spacial score (nSPS) is 21.0. The van der Waals surface area contributed by atoms with Crippen molar-refractivity contribution < 1.29 is 0 Å². The Kier molecular flexibility index (Phi) is 7.58. The quantitative estimate of drug-likeness (QED) is 0.305. The number of hydrogen-bond acceptors (Lipinski definition) is 6. The molecule has 5 rings (SSSR count). The fourth-order valence-electron chi connectivity index (χ4n) is 5.01. The predicted molar refractivity (Wildman–Crippen MR) is 142 cm³/mol. The highest BCUT2D eigenvalue weighted by molar-refractivity contribution is 5.78. The van der Waals surface area contributed by atoms with Crippen molar-refractivity contribution in [1.82, 2.24) is 19.9 Å². The molecule has 3 fully saturated rings. The number of nitrogens with zero attached hydrogens (tertiary/aromatic N) is 6. The Balaban J connectivity index is 1.42. The summed E-state index contributed by atoms with van der Waals surface area (Å²) in [5.74, 6) is 1.05. The maximum atomic E-state index is 4.85. The van der Waals surface area contributed by atoms with Crippen LogP contribution in [0.5, 0.6) is 0 Å². The molecule has 0 saturated carbocycles. The van der Waals surface area contributed by atoms with E-state index < -0.39 is 0 Å². The van der Waals surface area contributed by atoms with E-state index in [1.54, 1.807) is 12.3 Å². The number of likely N-dealkylation sites (N-methyl/N-ethyl adjacent to an activating group) is 1. The number of anilines is 1. The highest BCUT2D eigenvalue weighted by atomic mass is 15.4. The van der Waals surface area contributed by atoms with E-state index in [0.717, 1.165) is 54.4 Å². The van der Waals surface area contributed by atoms with Crippen LogP contribution in [0.3, 0.4) is 0 Å². The molecule has 0 aromatic carbocycles. The summed E-state index contributed by atoms with van der Waals surface area (Å²) < 4.78 is 0.